The number of benzene rings is 1. The van der Waals surface area contributed by atoms with Crippen LogP contribution in [0.5, 0.6) is 0 Å². The van der Waals surface area contributed by atoms with E-state index in [4.69, 9.17) is 0 Å². The maximum atomic E-state index is 12.8. The molecule has 2 aromatic rings. The number of nitrogens with one attached hydrogen (secondary N) is 1. The second-order valence-electron chi connectivity index (χ2n) is 7.96. The predicted molar refractivity (Wildman–Crippen MR) is 110 cm³/mol. The molecule has 1 aliphatic carbocycles. The smallest absolute Gasteiger partial charge is 0.230 e. The predicted octanol–water partition coefficient (Wildman–Crippen LogP) is 3.83. The molecule has 0 saturated carbocycles. The van der Waals surface area contributed by atoms with E-state index < -0.39 is 0 Å². The summed E-state index contributed by atoms with van der Waals surface area (Å²) in [5.74, 6) is -0.110. The van der Waals surface area contributed by atoms with Gasteiger partial charge in [-0.1, -0.05) is 38.1 Å². The molecule has 6 heteroatoms. The number of carbonyl (C=O) groups excluding carboxylic acids is 2. The second-order valence-corrected chi connectivity index (χ2v) is 9.06. The fraction of sp³-hybridized carbons (Fsp3) is 0.409. The van der Waals surface area contributed by atoms with E-state index in [-0.39, 0.29) is 24.2 Å². The summed E-state index contributed by atoms with van der Waals surface area (Å²) in [6.07, 6.45) is 2.07. The average Bonchev–Trinajstić information content (AvgIpc) is 3.21. The highest BCUT2D eigenvalue weighted by atomic mass is 32.1. The van der Waals surface area contributed by atoms with Gasteiger partial charge in [0.1, 0.15) is 11.1 Å². The lowest BCUT2D eigenvalue weighted by Crippen LogP contribution is -2.31. The first kappa shape index (κ1) is 18.7. The molecule has 1 aromatic heterocycles. The van der Waals surface area contributed by atoms with E-state index in [9.17, 15) is 14.9 Å². The first-order valence-electron chi connectivity index (χ1n) is 9.70. The molecule has 1 saturated heterocycles. The van der Waals surface area contributed by atoms with E-state index in [0.717, 1.165) is 28.8 Å². The molecule has 0 radical (unpaired) electrons. The second kappa shape index (κ2) is 7.40. The number of anilines is 1. The molecule has 1 fully saturated rings. The quantitative estimate of drug-likeness (QED) is 0.858. The van der Waals surface area contributed by atoms with Gasteiger partial charge in [-0.3, -0.25) is 9.59 Å². The van der Waals surface area contributed by atoms with Crippen LogP contribution in [0.3, 0.4) is 0 Å². The van der Waals surface area contributed by atoms with Crippen molar-refractivity contribution in [1.82, 2.24) is 4.90 Å². The monoisotopic (exact) mass is 393 g/mol. The largest absolute Gasteiger partial charge is 0.342 e. The standard InChI is InChI=1S/C22H23N3O2S/c1-13(2)11-25-12-15(9-19(25)26)21(27)24-22-17(10-23)20-16-6-4-3-5-14(16)7-8-18(20)28-22/h3-6,13,15H,7-9,11-12H2,1-2H3,(H,24,27). The van der Waals surface area contributed by atoms with Crippen LogP contribution in [0.15, 0.2) is 24.3 Å². The number of hydrogen-bond acceptors (Lipinski definition) is 4. The van der Waals surface area contributed by atoms with Gasteiger partial charge in [0, 0.05) is 30.0 Å². The Balaban J connectivity index is 1.57. The van der Waals surface area contributed by atoms with Crippen molar-refractivity contribution in [2.24, 2.45) is 11.8 Å². The zero-order chi connectivity index (χ0) is 19.8. The Morgan fingerprint density at radius 2 is 2.14 bits per heavy atom. The zero-order valence-corrected chi connectivity index (χ0v) is 16.9. The van der Waals surface area contributed by atoms with Gasteiger partial charge in [0.2, 0.25) is 11.8 Å². The minimum absolute atomic E-state index is 0.0359. The third kappa shape index (κ3) is 3.31. The van der Waals surface area contributed by atoms with Crippen LogP contribution in [0.25, 0.3) is 11.1 Å². The number of rotatable bonds is 4. The van der Waals surface area contributed by atoms with Gasteiger partial charge >= 0.3 is 0 Å². The lowest BCUT2D eigenvalue weighted by molar-refractivity contribution is -0.128. The molecule has 28 heavy (non-hydrogen) atoms. The van der Waals surface area contributed by atoms with Crippen molar-refractivity contribution in [1.29, 1.82) is 5.26 Å². The Hall–Kier alpha value is -2.65. The molecule has 1 aliphatic heterocycles. The van der Waals surface area contributed by atoms with E-state index >= 15 is 0 Å². The third-order valence-electron chi connectivity index (χ3n) is 5.41. The maximum Gasteiger partial charge on any atom is 0.230 e. The Bertz CT molecular complexity index is 986. The van der Waals surface area contributed by atoms with E-state index in [0.29, 0.717) is 29.6 Å². The van der Waals surface area contributed by atoms with Crippen LogP contribution < -0.4 is 5.32 Å². The zero-order valence-electron chi connectivity index (χ0n) is 16.1. The first-order chi connectivity index (χ1) is 13.5. The van der Waals surface area contributed by atoms with Crippen LogP contribution in [0.1, 0.15) is 36.3 Å². The maximum absolute atomic E-state index is 12.8. The molecule has 1 N–H and O–H groups in total. The SMILES string of the molecule is CC(C)CN1CC(C(=O)Nc2sc3c(c2C#N)-c2ccccc2CC3)CC1=O. The number of hydrogen-bond donors (Lipinski definition) is 1. The molecule has 0 bridgehead atoms. The van der Waals surface area contributed by atoms with E-state index in [1.54, 1.807) is 4.90 Å². The molecule has 2 aliphatic rings. The van der Waals surface area contributed by atoms with E-state index in [1.165, 1.54) is 16.9 Å². The van der Waals surface area contributed by atoms with Crippen molar-refractivity contribution < 1.29 is 9.59 Å². The number of fused-ring (bicyclic) bond motifs is 3. The molecule has 2 amide bonds. The van der Waals surface area contributed by atoms with Crippen LogP contribution >= 0.6 is 11.3 Å². The highest BCUT2D eigenvalue weighted by Crippen LogP contribution is 2.44. The number of amides is 2. The first-order valence-corrected chi connectivity index (χ1v) is 10.5. The summed E-state index contributed by atoms with van der Waals surface area (Å²) in [5.41, 5.74) is 3.85. The van der Waals surface area contributed by atoms with Crippen LogP contribution in [0.4, 0.5) is 5.00 Å². The van der Waals surface area contributed by atoms with Gasteiger partial charge in [-0.05, 0) is 29.9 Å². The molecule has 4 rings (SSSR count). The van der Waals surface area contributed by atoms with Crippen molar-refractivity contribution in [3.8, 4) is 17.2 Å². The number of aryl methyl sites for hydroxylation is 2. The Labute approximate surface area is 169 Å². The number of thiophene rings is 1. The van der Waals surface area contributed by atoms with Gasteiger partial charge < -0.3 is 10.2 Å². The van der Waals surface area contributed by atoms with Gasteiger partial charge in [0.25, 0.3) is 0 Å². The van der Waals surface area contributed by atoms with Crippen LogP contribution in [-0.4, -0.2) is 29.8 Å². The lowest BCUT2D eigenvalue weighted by atomic mass is 9.88. The number of likely N-dealkylation sites (tertiary alicyclic amines) is 1. The normalized spacial score (nSPS) is 18.0. The van der Waals surface area contributed by atoms with Gasteiger partial charge in [0.15, 0.2) is 0 Å². The van der Waals surface area contributed by atoms with E-state index in [2.05, 4.69) is 31.3 Å². The summed E-state index contributed by atoms with van der Waals surface area (Å²) >= 11 is 1.50. The third-order valence-corrected chi connectivity index (χ3v) is 6.57. The highest BCUT2D eigenvalue weighted by molar-refractivity contribution is 7.17. The Morgan fingerprint density at radius 3 is 2.89 bits per heavy atom. The lowest BCUT2D eigenvalue weighted by Gasteiger charge is -2.18. The summed E-state index contributed by atoms with van der Waals surface area (Å²) in [7, 11) is 0. The highest BCUT2D eigenvalue weighted by Gasteiger charge is 2.35. The minimum Gasteiger partial charge on any atom is -0.342 e. The van der Waals surface area contributed by atoms with Crippen LogP contribution in [-0.2, 0) is 22.4 Å². The Morgan fingerprint density at radius 1 is 1.36 bits per heavy atom. The fourth-order valence-electron chi connectivity index (χ4n) is 4.14. The van der Waals surface area contributed by atoms with Crippen molar-refractivity contribution >= 4 is 28.2 Å². The summed E-state index contributed by atoms with van der Waals surface area (Å²) < 4.78 is 0. The van der Waals surface area contributed by atoms with Crippen LogP contribution in [0, 0.1) is 23.2 Å². The summed E-state index contributed by atoms with van der Waals surface area (Å²) in [6.45, 7) is 5.26. The van der Waals surface area contributed by atoms with Gasteiger partial charge in [-0.2, -0.15) is 5.26 Å². The summed E-state index contributed by atoms with van der Waals surface area (Å²) in [6, 6.07) is 10.5. The van der Waals surface area contributed by atoms with Crippen molar-refractivity contribution in [3.05, 3.63) is 40.3 Å². The minimum atomic E-state index is -0.357. The molecular formula is C22H23N3O2S. The summed E-state index contributed by atoms with van der Waals surface area (Å²) in [4.78, 5) is 27.9. The summed E-state index contributed by atoms with van der Waals surface area (Å²) in [5, 5.41) is 13.4. The van der Waals surface area contributed by atoms with Crippen molar-refractivity contribution in [2.45, 2.75) is 33.1 Å². The van der Waals surface area contributed by atoms with Crippen molar-refractivity contribution in [2.75, 3.05) is 18.4 Å². The van der Waals surface area contributed by atoms with Crippen molar-refractivity contribution in [3.63, 3.8) is 0 Å². The van der Waals surface area contributed by atoms with E-state index in [1.807, 2.05) is 18.2 Å². The number of nitriles is 1. The molecule has 5 nitrogen and oxygen atoms in total. The molecule has 1 unspecified atom stereocenters. The number of carbonyl (C=O) groups is 2. The topological polar surface area (TPSA) is 73.2 Å². The molecule has 1 atom stereocenters. The molecule has 144 valence electrons. The van der Waals surface area contributed by atoms with Gasteiger partial charge in [0.05, 0.1) is 11.5 Å². The Kier molecular flexibility index (Phi) is 4.94. The molecule has 0 spiro atoms. The molecular weight excluding hydrogens is 370 g/mol. The van der Waals surface area contributed by atoms with Crippen LogP contribution in [0.2, 0.25) is 0 Å². The van der Waals surface area contributed by atoms with Gasteiger partial charge in [-0.15, -0.1) is 11.3 Å². The fourth-order valence-corrected chi connectivity index (χ4v) is 5.31. The van der Waals surface area contributed by atoms with Gasteiger partial charge in [-0.25, -0.2) is 0 Å². The average molecular weight is 394 g/mol. The molecule has 2 heterocycles. The molecule has 1 aromatic carbocycles. The number of nitrogens with zero attached hydrogens (tertiary/aromatic N) is 2.